The number of hydrogen-bond donors (Lipinski definition) is 2. The van der Waals surface area contributed by atoms with Gasteiger partial charge in [0.05, 0.1) is 12.1 Å². The summed E-state index contributed by atoms with van der Waals surface area (Å²) in [5.41, 5.74) is 1.80. The third-order valence-electron chi connectivity index (χ3n) is 5.20. The molecule has 0 unspecified atom stereocenters. The first-order valence-electron chi connectivity index (χ1n) is 8.88. The molecular weight excluding hydrogens is 336 g/mol. The Balaban J connectivity index is 1.67. The lowest BCUT2D eigenvalue weighted by molar-refractivity contribution is 0.0937. The normalized spacial score (nSPS) is 21.7. The third-order valence-corrected chi connectivity index (χ3v) is 5.20. The summed E-state index contributed by atoms with van der Waals surface area (Å²) in [7, 11) is 0. The summed E-state index contributed by atoms with van der Waals surface area (Å²) >= 11 is 0. The minimum atomic E-state index is -0.479. The Kier molecular flexibility index (Phi) is 4.51. The van der Waals surface area contributed by atoms with E-state index in [1.807, 2.05) is 12.1 Å². The van der Waals surface area contributed by atoms with Crippen molar-refractivity contribution in [3.63, 3.8) is 0 Å². The molecule has 2 aromatic rings. The number of β-amino-alcohol motifs (C(OH)–C–C–N with tert-alkyl or cyclic N) is 1. The lowest BCUT2D eigenvalue weighted by Gasteiger charge is -2.27. The van der Waals surface area contributed by atoms with Crippen LogP contribution in [0.1, 0.15) is 30.0 Å². The molecular formula is C21H21F2NO2. The number of benzene rings is 2. The molecule has 136 valence electrons. The highest BCUT2D eigenvalue weighted by molar-refractivity contribution is 5.70. The van der Waals surface area contributed by atoms with Crippen LogP contribution in [-0.4, -0.2) is 34.3 Å². The molecule has 5 heteroatoms. The number of halogens is 2. The number of hydrogen-bond acceptors (Lipinski definition) is 3. The molecule has 1 heterocycles. The molecule has 0 radical (unpaired) electrons. The van der Waals surface area contributed by atoms with Crippen molar-refractivity contribution in [1.29, 1.82) is 0 Å². The fourth-order valence-electron chi connectivity index (χ4n) is 3.65. The topological polar surface area (TPSA) is 43.7 Å². The number of aliphatic hydroxyl groups is 1. The minimum absolute atomic E-state index is 0.156. The van der Waals surface area contributed by atoms with E-state index in [1.54, 1.807) is 18.2 Å². The molecule has 1 fully saturated rings. The molecule has 26 heavy (non-hydrogen) atoms. The summed E-state index contributed by atoms with van der Waals surface area (Å²) in [6, 6.07) is 10.2. The molecule has 2 N–H and O–H groups in total. The van der Waals surface area contributed by atoms with Gasteiger partial charge >= 0.3 is 0 Å². The average molecular weight is 357 g/mol. The number of aliphatic hydroxyl groups excluding tert-OH is 1. The van der Waals surface area contributed by atoms with E-state index in [2.05, 4.69) is 4.90 Å². The van der Waals surface area contributed by atoms with Gasteiger partial charge in [-0.2, -0.15) is 0 Å². The summed E-state index contributed by atoms with van der Waals surface area (Å²) in [6.07, 6.45) is 3.53. The van der Waals surface area contributed by atoms with Crippen molar-refractivity contribution < 1.29 is 19.0 Å². The molecule has 1 saturated carbocycles. The maximum atomic E-state index is 14.2. The molecule has 3 nitrogen and oxygen atoms in total. The van der Waals surface area contributed by atoms with Gasteiger partial charge in [0, 0.05) is 18.7 Å². The van der Waals surface area contributed by atoms with Crippen molar-refractivity contribution >= 4 is 5.57 Å². The predicted molar refractivity (Wildman–Crippen MR) is 95.5 cm³/mol. The van der Waals surface area contributed by atoms with E-state index in [0.717, 1.165) is 30.5 Å². The molecule has 1 aliphatic carbocycles. The van der Waals surface area contributed by atoms with Crippen LogP contribution in [0.4, 0.5) is 8.78 Å². The standard InChI is InChI=1S/C21H21F2NO2/c22-16-6-7-19(23)18(10-16)15-9-20(14-2-1-3-17(25)8-14)24(11-15)12-21(26)13-4-5-13/h1-3,6-10,13,20-21,25-26H,4-5,11-12H2/t20-,21+/m0/s1. The van der Waals surface area contributed by atoms with Crippen molar-refractivity contribution in [2.45, 2.75) is 25.0 Å². The largest absolute Gasteiger partial charge is 0.508 e. The number of nitrogens with zero attached hydrogens (tertiary/aromatic N) is 1. The van der Waals surface area contributed by atoms with Crippen LogP contribution in [0.15, 0.2) is 48.5 Å². The van der Waals surface area contributed by atoms with Crippen molar-refractivity contribution in [3.05, 3.63) is 71.3 Å². The maximum Gasteiger partial charge on any atom is 0.130 e. The summed E-state index contributed by atoms with van der Waals surface area (Å²) in [6.45, 7) is 0.881. The quantitative estimate of drug-likeness (QED) is 0.853. The highest BCUT2D eigenvalue weighted by Gasteiger charge is 2.35. The minimum Gasteiger partial charge on any atom is -0.508 e. The summed E-state index contributed by atoms with van der Waals surface area (Å²) in [5.74, 6) is -0.455. The van der Waals surface area contributed by atoms with E-state index in [9.17, 15) is 19.0 Å². The average Bonchev–Trinajstić information content (AvgIpc) is 3.38. The summed E-state index contributed by atoms with van der Waals surface area (Å²) in [4.78, 5) is 2.05. The SMILES string of the molecule is Oc1cccc([C@@H]2C=C(c3cc(F)ccc3F)CN2C[C@@H](O)C2CC2)c1. The van der Waals surface area contributed by atoms with Crippen molar-refractivity contribution in [1.82, 2.24) is 4.90 Å². The van der Waals surface area contributed by atoms with Crippen LogP contribution in [0.25, 0.3) is 5.57 Å². The monoisotopic (exact) mass is 357 g/mol. The van der Waals surface area contributed by atoms with Gasteiger partial charge in [-0.3, -0.25) is 4.90 Å². The molecule has 2 aliphatic rings. The zero-order valence-corrected chi connectivity index (χ0v) is 14.3. The molecule has 0 saturated heterocycles. The maximum absolute atomic E-state index is 14.2. The van der Waals surface area contributed by atoms with Gasteiger partial charge in [0.15, 0.2) is 0 Å². The van der Waals surface area contributed by atoms with Crippen LogP contribution in [0, 0.1) is 17.6 Å². The van der Waals surface area contributed by atoms with Gasteiger partial charge in [0.2, 0.25) is 0 Å². The Morgan fingerprint density at radius 3 is 2.65 bits per heavy atom. The second kappa shape index (κ2) is 6.82. The molecule has 4 rings (SSSR count). The molecule has 1 aliphatic heterocycles. The first kappa shape index (κ1) is 17.2. The van der Waals surface area contributed by atoms with Gasteiger partial charge in [-0.15, -0.1) is 0 Å². The Morgan fingerprint density at radius 1 is 1.12 bits per heavy atom. The summed E-state index contributed by atoms with van der Waals surface area (Å²) in [5, 5.41) is 20.2. The molecule has 2 aromatic carbocycles. The van der Waals surface area contributed by atoms with Gasteiger partial charge in [-0.05, 0) is 60.2 Å². The van der Waals surface area contributed by atoms with E-state index in [4.69, 9.17) is 0 Å². The first-order chi connectivity index (χ1) is 12.5. The summed E-state index contributed by atoms with van der Waals surface area (Å²) < 4.78 is 27.8. The zero-order chi connectivity index (χ0) is 18.3. The van der Waals surface area contributed by atoms with Gasteiger partial charge < -0.3 is 10.2 Å². The van der Waals surface area contributed by atoms with E-state index in [1.165, 1.54) is 6.07 Å². The molecule has 0 bridgehead atoms. The molecule has 0 spiro atoms. The molecule has 2 atom stereocenters. The van der Waals surface area contributed by atoms with Crippen LogP contribution >= 0.6 is 0 Å². The van der Waals surface area contributed by atoms with Gasteiger partial charge in [0.25, 0.3) is 0 Å². The Morgan fingerprint density at radius 2 is 1.92 bits per heavy atom. The fourth-order valence-corrected chi connectivity index (χ4v) is 3.65. The van der Waals surface area contributed by atoms with Crippen LogP contribution in [-0.2, 0) is 0 Å². The smallest absolute Gasteiger partial charge is 0.130 e. The van der Waals surface area contributed by atoms with Gasteiger partial charge in [-0.1, -0.05) is 18.2 Å². The fraction of sp³-hybridized carbons (Fsp3) is 0.333. The Labute approximate surface area is 151 Å². The van der Waals surface area contributed by atoms with Crippen LogP contribution in [0.5, 0.6) is 5.75 Å². The third kappa shape index (κ3) is 3.50. The highest BCUT2D eigenvalue weighted by atomic mass is 19.1. The van der Waals surface area contributed by atoms with E-state index < -0.39 is 17.7 Å². The number of rotatable bonds is 5. The Hall–Kier alpha value is -2.24. The number of aromatic hydroxyl groups is 1. The Bertz CT molecular complexity index is 848. The number of phenolic OH excluding ortho intramolecular Hbond substituents is 1. The lowest BCUT2D eigenvalue weighted by Crippen LogP contribution is -2.34. The van der Waals surface area contributed by atoms with E-state index in [0.29, 0.717) is 24.6 Å². The van der Waals surface area contributed by atoms with Crippen LogP contribution in [0.3, 0.4) is 0 Å². The van der Waals surface area contributed by atoms with Crippen molar-refractivity contribution in [3.8, 4) is 5.75 Å². The second-order valence-corrected chi connectivity index (χ2v) is 7.19. The predicted octanol–water partition coefficient (Wildman–Crippen LogP) is 3.88. The van der Waals surface area contributed by atoms with Crippen molar-refractivity contribution in [2.75, 3.05) is 13.1 Å². The van der Waals surface area contributed by atoms with Gasteiger partial charge in [-0.25, -0.2) is 8.78 Å². The van der Waals surface area contributed by atoms with E-state index in [-0.39, 0.29) is 17.4 Å². The van der Waals surface area contributed by atoms with Crippen LogP contribution in [0.2, 0.25) is 0 Å². The molecule has 0 amide bonds. The first-order valence-corrected chi connectivity index (χ1v) is 8.88. The van der Waals surface area contributed by atoms with Crippen molar-refractivity contribution in [2.24, 2.45) is 5.92 Å². The highest BCUT2D eigenvalue weighted by Crippen LogP contribution is 2.39. The van der Waals surface area contributed by atoms with Gasteiger partial charge in [0.1, 0.15) is 17.4 Å². The molecule has 0 aromatic heterocycles. The van der Waals surface area contributed by atoms with Crippen LogP contribution < -0.4 is 0 Å². The zero-order valence-electron chi connectivity index (χ0n) is 14.3. The van der Waals surface area contributed by atoms with E-state index >= 15 is 0 Å². The second-order valence-electron chi connectivity index (χ2n) is 7.19. The number of phenols is 1. The lowest BCUT2D eigenvalue weighted by atomic mass is 10.0.